The molecule has 2 heterocycles. The maximum absolute atomic E-state index is 5.25. The third-order valence-electron chi connectivity index (χ3n) is 2.86. The summed E-state index contributed by atoms with van der Waals surface area (Å²) < 4.78 is 10.2. The molecule has 0 fully saturated rings. The molecule has 0 radical (unpaired) electrons. The van der Waals surface area contributed by atoms with Gasteiger partial charge in [0, 0.05) is 18.2 Å². The first-order chi connectivity index (χ1) is 9.42. The van der Waals surface area contributed by atoms with Crippen molar-refractivity contribution < 1.29 is 9.26 Å². The molecule has 0 saturated carbocycles. The molecule has 1 unspecified atom stereocenters. The smallest absolute Gasteiger partial charge is 0.243 e. The largest absolute Gasteiger partial charge is 0.377 e. The molecule has 0 aromatic carbocycles. The SMILES string of the molecule is COCc1noc(C(C)NC(C)(C)c2ncc(C)s2)n1. The summed E-state index contributed by atoms with van der Waals surface area (Å²) in [4.78, 5) is 9.94. The molecule has 2 aromatic rings. The third kappa shape index (κ3) is 3.41. The standard InChI is InChI=1S/C13H20N4O2S/c1-8-6-14-12(20-8)13(3,4)16-9(2)11-15-10(7-18-5)17-19-11/h6,9,16H,7H2,1-5H3. The molecule has 1 N–H and O–H groups in total. The number of methoxy groups -OCH3 is 1. The fraction of sp³-hybridized carbons (Fsp3) is 0.615. The molecule has 20 heavy (non-hydrogen) atoms. The maximum atomic E-state index is 5.25. The minimum absolute atomic E-state index is 0.0627. The van der Waals surface area contributed by atoms with E-state index in [2.05, 4.69) is 41.2 Å². The van der Waals surface area contributed by atoms with Crippen LogP contribution < -0.4 is 5.32 Å². The lowest BCUT2D eigenvalue weighted by molar-refractivity contribution is 0.174. The van der Waals surface area contributed by atoms with Gasteiger partial charge in [-0.1, -0.05) is 5.16 Å². The van der Waals surface area contributed by atoms with Crippen LogP contribution in [-0.4, -0.2) is 22.2 Å². The zero-order valence-electron chi connectivity index (χ0n) is 12.4. The van der Waals surface area contributed by atoms with Gasteiger partial charge in [-0.15, -0.1) is 11.3 Å². The molecule has 0 spiro atoms. The van der Waals surface area contributed by atoms with E-state index in [4.69, 9.17) is 9.26 Å². The van der Waals surface area contributed by atoms with Crippen LogP contribution in [0.1, 0.15) is 48.4 Å². The molecule has 0 bridgehead atoms. The van der Waals surface area contributed by atoms with Crippen LogP contribution >= 0.6 is 11.3 Å². The second kappa shape index (κ2) is 5.99. The van der Waals surface area contributed by atoms with Gasteiger partial charge in [0.05, 0.1) is 11.6 Å². The Morgan fingerprint density at radius 1 is 1.50 bits per heavy atom. The summed E-state index contributed by atoms with van der Waals surface area (Å²) in [5.74, 6) is 1.11. The van der Waals surface area contributed by atoms with Gasteiger partial charge in [-0.05, 0) is 27.7 Å². The molecule has 110 valence electrons. The van der Waals surface area contributed by atoms with E-state index in [0.29, 0.717) is 18.3 Å². The molecule has 1 atom stereocenters. The van der Waals surface area contributed by atoms with Crippen LogP contribution in [-0.2, 0) is 16.9 Å². The van der Waals surface area contributed by atoms with Crippen LogP contribution in [0.4, 0.5) is 0 Å². The Kier molecular flexibility index (Phi) is 4.52. The van der Waals surface area contributed by atoms with E-state index < -0.39 is 0 Å². The summed E-state index contributed by atoms with van der Waals surface area (Å²) >= 11 is 1.68. The van der Waals surface area contributed by atoms with E-state index in [9.17, 15) is 0 Å². The normalized spacial score (nSPS) is 13.7. The highest BCUT2D eigenvalue weighted by atomic mass is 32.1. The molecule has 0 aliphatic heterocycles. The number of ether oxygens (including phenoxy) is 1. The van der Waals surface area contributed by atoms with Gasteiger partial charge in [0.1, 0.15) is 11.6 Å². The highest BCUT2D eigenvalue weighted by molar-refractivity contribution is 7.11. The average Bonchev–Trinajstić information content (AvgIpc) is 2.98. The Hall–Kier alpha value is -1.31. The highest BCUT2D eigenvalue weighted by Crippen LogP contribution is 2.27. The molecule has 0 saturated heterocycles. The van der Waals surface area contributed by atoms with Gasteiger partial charge >= 0.3 is 0 Å². The van der Waals surface area contributed by atoms with Crippen molar-refractivity contribution in [2.45, 2.75) is 45.9 Å². The third-order valence-corrected chi connectivity index (χ3v) is 4.10. The van der Waals surface area contributed by atoms with Crippen LogP contribution in [0.25, 0.3) is 0 Å². The molecule has 0 aliphatic rings. The zero-order valence-corrected chi connectivity index (χ0v) is 13.2. The van der Waals surface area contributed by atoms with Gasteiger partial charge in [0.25, 0.3) is 0 Å². The van der Waals surface area contributed by atoms with Crippen molar-refractivity contribution in [2.24, 2.45) is 0 Å². The Bertz CT molecular complexity index is 564. The second-order valence-electron chi connectivity index (χ2n) is 5.25. The van der Waals surface area contributed by atoms with Crippen molar-refractivity contribution in [3.05, 3.63) is 27.8 Å². The van der Waals surface area contributed by atoms with E-state index in [0.717, 1.165) is 5.01 Å². The predicted octanol–water partition coefficient (Wildman–Crippen LogP) is 2.57. The number of thiazole rings is 1. The lowest BCUT2D eigenvalue weighted by Crippen LogP contribution is -2.38. The van der Waals surface area contributed by atoms with Crippen LogP contribution in [0.2, 0.25) is 0 Å². The first-order valence-electron chi connectivity index (χ1n) is 6.44. The molecule has 0 amide bonds. The summed E-state index contributed by atoms with van der Waals surface area (Å²) in [5.41, 5.74) is -0.256. The van der Waals surface area contributed by atoms with Crippen molar-refractivity contribution in [3.63, 3.8) is 0 Å². The summed E-state index contributed by atoms with van der Waals surface area (Å²) in [7, 11) is 1.60. The number of nitrogens with one attached hydrogen (secondary N) is 1. The summed E-state index contributed by atoms with van der Waals surface area (Å²) in [6.45, 7) is 8.58. The number of rotatable bonds is 6. The van der Waals surface area contributed by atoms with E-state index in [1.165, 1.54) is 4.88 Å². The van der Waals surface area contributed by atoms with Crippen LogP contribution in [0.5, 0.6) is 0 Å². The van der Waals surface area contributed by atoms with E-state index in [1.54, 1.807) is 18.4 Å². The molecule has 7 heteroatoms. The minimum atomic E-state index is -0.256. The molecule has 2 rings (SSSR count). The van der Waals surface area contributed by atoms with Gasteiger partial charge in [-0.2, -0.15) is 4.98 Å². The number of nitrogens with zero attached hydrogens (tertiary/aromatic N) is 3. The lowest BCUT2D eigenvalue weighted by atomic mass is 10.1. The van der Waals surface area contributed by atoms with Gasteiger partial charge in [0.2, 0.25) is 5.89 Å². The number of hydrogen-bond donors (Lipinski definition) is 1. The van der Waals surface area contributed by atoms with Crippen LogP contribution in [0, 0.1) is 6.92 Å². The molecule has 6 nitrogen and oxygen atoms in total. The number of aryl methyl sites for hydroxylation is 1. The monoisotopic (exact) mass is 296 g/mol. The van der Waals surface area contributed by atoms with Gasteiger partial charge in [-0.3, -0.25) is 5.32 Å². The second-order valence-corrected chi connectivity index (χ2v) is 6.48. The fourth-order valence-corrected chi connectivity index (χ4v) is 2.77. The number of aromatic nitrogens is 3. The minimum Gasteiger partial charge on any atom is -0.377 e. The zero-order chi connectivity index (χ0) is 14.8. The van der Waals surface area contributed by atoms with Gasteiger partial charge in [-0.25, -0.2) is 4.98 Å². The van der Waals surface area contributed by atoms with Gasteiger partial charge < -0.3 is 9.26 Å². The van der Waals surface area contributed by atoms with Crippen LogP contribution in [0.3, 0.4) is 0 Å². The molecular weight excluding hydrogens is 276 g/mol. The van der Waals surface area contributed by atoms with Crippen molar-refractivity contribution in [1.82, 2.24) is 20.4 Å². The molecule has 2 aromatic heterocycles. The van der Waals surface area contributed by atoms with Crippen molar-refractivity contribution in [1.29, 1.82) is 0 Å². The van der Waals surface area contributed by atoms with Gasteiger partial charge in [0.15, 0.2) is 5.82 Å². The summed E-state index contributed by atoms with van der Waals surface area (Å²) in [6.07, 6.45) is 1.89. The van der Waals surface area contributed by atoms with E-state index in [1.807, 2.05) is 13.1 Å². The van der Waals surface area contributed by atoms with E-state index in [-0.39, 0.29) is 11.6 Å². The molecule has 0 aliphatic carbocycles. The Balaban J connectivity index is 2.07. The first-order valence-corrected chi connectivity index (χ1v) is 7.26. The highest BCUT2D eigenvalue weighted by Gasteiger charge is 2.28. The van der Waals surface area contributed by atoms with Crippen molar-refractivity contribution >= 4 is 11.3 Å². The predicted molar refractivity (Wildman–Crippen MR) is 76.4 cm³/mol. The lowest BCUT2D eigenvalue weighted by Gasteiger charge is -2.26. The quantitative estimate of drug-likeness (QED) is 0.883. The van der Waals surface area contributed by atoms with Crippen molar-refractivity contribution in [3.8, 4) is 0 Å². The number of hydrogen-bond acceptors (Lipinski definition) is 7. The van der Waals surface area contributed by atoms with E-state index >= 15 is 0 Å². The average molecular weight is 296 g/mol. The first kappa shape index (κ1) is 15.1. The summed E-state index contributed by atoms with van der Waals surface area (Å²) in [6, 6.07) is -0.0627. The Morgan fingerprint density at radius 3 is 2.85 bits per heavy atom. The Labute approximate surface area is 122 Å². The van der Waals surface area contributed by atoms with Crippen molar-refractivity contribution in [2.75, 3.05) is 7.11 Å². The summed E-state index contributed by atoms with van der Waals surface area (Å²) in [5, 5.41) is 8.38. The maximum Gasteiger partial charge on any atom is 0.243 e. The molecular formula is C13H20N4O2S. The van der Waals surface area contributed by atoms with Crippen LogP contribution in [0.15, 0.2) is 10.7 Å². The Morgan fingerprint density at radius 2 is 2.25 bits per heavy atom. The fourth-order valence-electron chi connectivity index (χ4n) is 1.94. The topological polar surface area (TPSA) is 73.1 Å².